The highest BCUT2D eigenvalue weighted by Gasteiger charge is 2.26. The molecule has 6 rings (SSSR count). The van der Waals surface area contributed by atoms with Crippen LogP contribution >= 0.6 is 11.3 Å². The van der Waals surface area contributed by atoms with Gasteiger partial charge in [0.1, 0.15) is 11.7 Å². The molecule has 0 saturated heterocycles. The molecule has 2 unspecified atom stereocenters. The first kappa shape index (κ1) is 18.9. The third kappa shape index (κ3) is 3.47. The van der Waals surface area contributed by atoms with Crippen molar-refractivity contribution in [3.63, 3.8) is 0 Å². The second-order valence-electron chi connectivity index (χ2n) is 7.76. The van der Waals surface area contributed by atoms with Crippen LogP contribution in [0.2, 0.25) is 0 Å². The second kappa shape index (κ2) is 7.70. The number of aromatic amines is 1. The minimum Gasteiger partial charge on any atom is -0.346 e. The lowest BCUT2D eigenvalue weighted by Gasteiger charge is -2.27. The summed E-state index contributed by atoms with van der Waals surface area (Å²) in [4.78, 5) is 6.02. The Kier molecular flexibility index (Phi) is 4.55. The number of benzene rings is 2. The van der Waals surface area contributed by atoms with E-state index in [0.29, 0.717) is 0 Å². The van der Waals surface area contributed by atoms with E-state index in [1.165, 1.54) is 5.56 Å². The van der Waals surface area contributed by atoms with Gasteiger partial charge in [-0.05, 0) is 41.3 Å². The zero-order valence-electron chi connectivity index (χ0n) is 17.3. The van der Waals surface area contributed by atoms with Crippen LogP contribution < -0.4 is 21.4 Å². The maximum atomic E-state index is 4.93. The number of fused-ring (bicyclic) bond motifs is 2. The Morgan fingerprint density at radius 1 is 1.09 bits per heavy atom. The molecule has 4 heterocycles. The highest BCUT2D eigenvalue weighted by molar-refractivity contribution is 7.13. The zero-order chi connectivity index (χ0) is 21.5. The molecule has 0 fully saturated rings. The molecule has 2 aliphatic rings. The zero-order valence-corrected chi connectivity index (χ0v) is 18.1. The molecule has 2 aliphatic heterocycles. The lowest BCUT2D eigenvalue weighted by Crippen LogP contribution is -2.43. The lowest BCUT2D eigenvalue weighted by atomic mass is 10.1. The van der Waals surface area contributed by atoms with Gasteiger partial charge >= 0.3 is 0 Å². The van der Waals surface area contributed by atoms with E-state index in [0.717, 1.165) is 38.8 Å². The predicted octanol–water partition coefficient (Wildman–Crippen LogP) is 3.81. The summed E-state index contributed by atoms with van der Waals surface area (Å²) >= 11 is 1.66. The smallest absolute Gasteiger partial charge is 0.197 e. The lowest BCUT2D eigenvalue weighted by molar-refractivity contribution is 0.287. The Hall–Kier alpha value is -3.82. The standard InChI is InChI=1S/C23H22N8S/c1-31-20(12-19(30-31)14-5-3-2-4-6-14)27-23-26-18-9-10-32-21(18)22(28-23)25-16-7-8-17-15(11-16)13-24-29-17/h2-13,19,23,26-27,30H,1H3,(H,24,29)(H,25,28). The van der Waals surface area contributed by atoms with Gasteiger partial charge in [-0.3, -0.25) is 10.1 Å². The number of hydrogen-bond donors (Lipinski definition) is 5. The van der Waals surface area contributed by atoms with Crippen molar-refractivity contribution in [1.29, 1.82) is 0 Å². The number of hydrazine groups is 1. The van der Waals surface area contributed by atoms with Crippen LogP contribution in [0.5, 0.6) is 0 Å². The third-order valence-corrected chi connectivity index (χ3v) is 6.52. The molecular formula is C23H22N8S. The molecule has 160 valence electrons. The van der Waals surface area contributed by atoms with Gasteiger partial charge in [-0.25, -0.2) is 10.4 Å². The maximum Gasteiger partial charge on any atom is 0.197 e. The number of amidine groups is 1. The predicted molar refractivity (Wildman–Crippen MR) is 129 cm³/mol. The number of nitrogens with one attached hydrogen (secondary N) is 5. The van der Waals surface area contributed by atoms with Gasteiger partial charge in [0.25, 0.3) is 0 Å². The maximum absolute atomic E-state index is 4.93. The van der Waals surface area contributed by atoms with Crippen molar-refractivity contribution < 1.29 is 0 Å². The van der Waals surface area contributed by atoms with E-state index in [1.54, 1.807) is 11.3 Å². The van der Waals surface area contributed by atoms with Gasteiger partial charge in [0, 0.05) is 18.1 Å². The van der Waals surface area contributed by atoms with E-state index >= 15 is 0 Å². The molecular weight excluding hydrogens is 420 g/mol. The first-order valence-electron chi connectivity index (χ1n) is 10.4. The molecule has 0 radical (unpaired) electrons. The van der Waals surface area contributed by atoms with Crippen molar-refractivity contribution in [3.8, 4) is 0 Å². The van der Waals surface area contributed by atoms with Crippen LogP contribution in [0.25, 0.3) is 10.9 Å². The molecule has 2 atom stereocenters. The van der Waals surface area contributed by atoms with Gasteiger partial charge in [-0.1, -0.05) is 30.3 Å². The normalized spacial score (nSPS) is 19.8. The Morgan fingerprint density at radius 2 is 2.00 bits per heavy atom. The first-order chi connectivity index (χ1) is 15.7. The van der Waals surface area contributed by atoms with Crippen LogP contribution in [0.4, 0.5) is 11.4 Å². The SMILES string of the molecule is CN1NC(c2ccccc2)C=C1NC1N=C(Nc2ccc3[nH]ncc3c2)c2sccc2N1. The number of aliphatic imine (C=N–C) groups is 1. The van der Waals surface area contributed by atoms with Gasteiger partial charge in [0.15, 0.2) is 6.29 Å². The molecule has 32 heavy (non-hydrogen) atoms. The fraction of sp³-hybridized carbons (Fsp3) is 0.130. The Morgan fingerprint density at radius 3 is 2.91 bits per heavy atom. The molecule has 0 aliphatic carbocycles. The van der Waals surface area contributed by atoms with Gasteiger partial charge < -0.3 is 16.0 Å². The molecule has 8 nitrogen and oxygen atoms in total. The molecule has 4 aromatic rings. The Balaban J connectivity index is 1.26. The van der Waals surface area contributed by atoms with E-state index in [-0.39, 0.29) is 12.3 Å². The van der Waals surface area contributed by atoms with Crippen LogP contribution in [0.15, 0.2) is 83.1 Å². The summed E-state index contributed by atoms with van der Waals surface area (Å²) in [7, 11) is 2.00. The largest absolute Gasteiger partial charge is 0.346 e. The quantitative estimate of drug-likeness (QED) is 0.330. The van der Waals surface area contributed by atoms with Crippen molar-refractivity contribution in [2.75, 3.05) is 17.7 Å². The van der Waals surface area contributed by atoms with Crippen LogP contribution in [-0.4, -0.2) is 34.4 Å². The van der Waals surface area contributed by atoms with Crippen molar-refractivity contribution in [2.45, 2.75) is 12.3 Å². The van der Waals surface area contributed by atoms with Crippen molar-refractivity contribution >= 4 is 39.5 Å². The minimum atomic E-state index is -0.303. The molecule has 2 aromatic carbocycles. The van der Waals surface area contributed by atoms with Crippen molar-refractivity contribution in [3.05, 3.63) is 88.5 Å². The molecule has 0 bridgehead atoms. The summed E-state index contributed by atoms with van der Waals surface area (Å²) in [5.74, 6) is 1.81. The number of thiophene rings is 1. The van der Waals surface area contributed by atoms with Crippen LogP contribution in [0, 0.1) is 0 Å². The van der Waals surface area contributed by atoms with Gasteiger partial charge in [0.05, 0.1) is 28.3 Å². The Bertz CT molecular complexity index is 1320. The molecule has 5 N–H and O–H groups in total. The van der Waals surface area contributed by atoms with E-state index < -0.39 is 0 Å². The number of aromatic nitrogens is 2. The van der Waals surface area contributed by atoms with Crippen LogP contribution in [-0.2, 0) is 0 Å². The molecule has 9 heteroatoms. The summed E-state index contributed by atoms with van der Waals surface area (Å²) in [6.45, 7) is 0. The van der Waals surface area contributed by atoms with Gasteiger partial charge in [0.2, 0.25) is 0 Å². The number of anilines is 2. The fourth-order valence-corrected chi connectivity index (χ4v) is 4.80. The molecule has 0 spiro atoms. The van der Waals surface area contributed by atoms with E-state index in [4.69, 9.17) is 4.99 Å². The number of H-pyrrole nitrogens is 1. The van der Waals surface area contributed by atoms with Crippen molar-refractivity contribution in [1.82, 2.24) is 25.9 Å². The Labute approximate surface area is 189 Å². The van der Waals surface area contributed by atoms with E-state index in [9.17, 15) is 0 Å². The summed E-state index contributed by atoms with van der Waals surface area (Å²) in [5.41, 5.74) is 7.73. The summed E-state index contributed by atoms with van der Waals surface area (Å²) < 4.78 is 0. The average Bonchev–Trinajstić information content (AvgIpc) is 3.54. The molecule has 2 aromatic heterocycles. The topological polar surface area (TPSA) is 92.4 Å². The fourth-order valence-electron chi connectivity index (χ4n) is 3.99. The van der Waals surface area contributed by atoms with Crippen LogP contribution in [0.1, 0.15) is 16.5 Å². The summed E-state index contributed by atoms with van der Waals surface area (Å²) in [6.07, 6.45) is 3.70. The molecule has 0 saturated carbocycles. The van der Waals surface area contributed by atoms with E-state index in [1.807, 2.05) is 36.5 Å². The van der Waals surface area contributed by atoms with E-state index in [2.05, 4.69) is 79.4 Å². The highest BCUT2D eigenvalue weighted by atomic mass is 32.1. The van der Waals surface area contributed by atoms with Gasteiger partial charge in [-0.15, -0.1) is 11.3 Å². The number of rotatable bonds is 4. The van der Waals surface area contributed by atoms with Gasteiger partial charge in [-0.2, -0.15) is 5.10 Å². The average molecular weight is 443 g/mol. The highest BCUT2D eigenvalue weighted by Crippen LogP contribution is 2.30. The second-order valence-corrected chi connectivity index (χ2v) is 8.67. The minimum absolute atomic E-state index is 0.118. The monoisotopic (exact) mass is 442 g/mol. The summed E-state index contributed by atoms with van der Waals surface area (Å²) in [6, 6.07) is 18.7. The molecule has 0 amide bonds. The van der Waals surface area contributed by atoms with Crippen LogP contribution in [0.3, 0.4) is 0 Å². The third-order valence-electron chi connectivity index (χ3n) is 5.60. The first-order valence-corrected chi connectivity index (χ1v) is 11.3. The number of hydrogen-bond acceptors (Lipinski definition) is 8. The number of nitrogens with zero attached hydrogens (tertiary/aromatic N) is 3. The van der Waals surface area contributed by atoms with Crippen molar-refractivity contribution in [2.24, 2.45) is 4.99 Å². The summed E-state index contributed by atoms with van der Waals surface area (Å²) in [5, 5.41) is 22.7.